The maximum atomic E-state index is 5.46. The van der Waals surface area contributed by atoms with E-state index in [1.807, 2.05) is 0 Å². The molecule has 0 atom stereocenters. The Labute approximate surface area is 129 Å². The molecule has 2 rings (SSSR count). The van der Waals surface area contributed by atoms with Gasteiger partial charge in [0.25, 0.3) is 0 Å². The lowest BCUT2D eigenvalue weighted by atomic mass is 9.94. The zero-order valence-electron chi connectivity index (χ0n) is 14.1. The van der Waals surface area contributed by atoms with Crippen LogP contribution in [0.2, 0.25) is 0 Å². The molecule has 0 bridgehead atoms. The molecule has 1 N–H and O–H groups in total. The average molecular weight is 290 g/mol. The van der Waals surface area contributed by atoms with E-state index in [2.05, 4.69) is 37.1 Å². The molecule has 0 amide bonds. The fourth-order valence-corrected chi connectivity index (χ4v) is 3.30. The predicted molar refractivity (Wildman–Crippen MR) is 89.5 cm³/mol. The number of ether oxygens (including phenoxy) is 1. The molecule has 1 heterocycles. The molecule has 0 unspecified atom stereocenters. The van der Waals surface area contributed by atoms with Crippen LogP contribution in [0.4, 0.5) is 0 Å². The molecular formula is C18H30N2O. The van der Waals surface area contributed by atoms with Crippen LogP contribution >= 0.6 is 0 Å². The van der Waals surface area contributed by atoms with Crippen molar-refractivity contribution < 1.29 is 4.74 Å². The second kappa shape index (κ2) is 7.81. The van der Waals surface area contributed by atoms with Gasteiger partial charge in [0.15, 0.2) is 0 Å². The molecule has 0 aliphatic carbocycles. The molecule has 0 aromatic heterocycles. The van der Waals surface area contributed by atoms with Crippen molar-refractivity contribution in [3.63, 3.8) is 0 Å². The van der Waals surface area contributed by atoms with E-state index in [9.17, 15) is 0 Å². The predicted octanol–water partition coefficient (Wildman–Crippen LogP) is 2.85. The topological polar surface area (TPSA) is 24.5 Å². The van der Waals surface area contributed by atoms with Crippen molar-refractivity contribution in [1.29, 1.82) is 0 Å². The van der Waals surface area contributed by atoms with E-state index >= 15 is 0 Å². The van der Waals surface area contributed by atoms with Crippen LogP contribution in [0, 0.1) is 20.8 Å². The van der Waals surface area contributed by atoms with Crippen LogP contribution in [0.3, 0.4) is 0 Å². The maximum Gasteiger partial charge on any atom is 0.122 e. The molecule has 1 aliphatic rings. The summed E-state index contributed by atoms with van der Waals surface area (Å²) in [5, 5.41) is 3.47. The van der Waals surface area contributed by atoms with Crippen LogP contribution < -0.4 is 10.1 Å². The van der Waals surface area contributed by atoms with Gasteiger partial charge in [-0.1, -0.05) is 0 Å². The molecule has 0 spiro atoms. The van der Waals surface area contributed by atoms with E-state index in [-0.39, 0.29) is 0 Å². The number of nitrogens with one attached hydrogen (secondary N) is 1. The Morgan fingerprint density at radius 3 is 2.71 bits per heavy atom. The highest BCUT2D eigenvalue weighted by molar-refractivity contribution is 5.48. The van der Waals surface area contributed by atoms with E-state index in [1.165, 1.54) is 67.7 Å². The van der Waals surface area contributed by atoms with Crippen LogP contribution in [0.5, 0.6) is 5.75 Å². The smallest absolute Gasteiger partial charge is 0.122 e. The van der Waals surface area contributed by atoms with Crippen LogP contribution in [0.1, 0.15) is 35.1 Å². The lowest BCUT2D eigenvalue weighted by molar-refractivity contribution is 0.289. The molecule has 1 aromatic carbocycles. The summed E-state index contributed by atoms with van der Waals surface area (Å²) in [6.07, 6.45) is 3.69. The highest BCUT2D eigenvalue weighted by atomic mass is 16.5. The monoisotopic (exact) mass is 290 g/mol. The van der Waals surface area contributed by atoms with E-state index in [0.29, 0.717) is 0 Å². The van der Waals surface area contributed by atoms with Crippen LogP contribution in [-0.2, 0) is 6.42 Å². The van der Waals surface area contributed by atoms with E-state index < -0.39 is 0 Å². The van der Waals surface area contributed by atoms with Gasteiger partial charge in [0.05, 0.1) is 7.11 Å². The summed E-state index contributed by atoms with van der Waals surface area (Å²) < 4.78 is 5.46. The van der Waals surface area contributed by atoms with E-state index in [4.69, 9.17) is 4.74 Å². The Balaban J connectivity index is 1.95. The minimum absolute atomic E-state index is 1.02. The third-order valence-electron chi connectivity index (χ3n) is 4.76. The molecule has 3 nitrogen and oxygen atoms in total. The molecule has 0 saturated carbocycles. The fourth-order valence-electron chi connectivity index (χ4n) is 3.30. The number of benzene rings is 1. The lowest BCUT2D eigenvalue weighted by Crippen LogP contribution is -2.29. The van der Waals surface area contributed by atoms with Crippen molar-refractivity contribution >= 4 is 0 Å². The number of nitrogens with zero attached hydrogens (tertiary/aromatic N) is 1. The molecule has 1 aromatic rings. The molecule has 0 radical (unpaired) electrons. The molecule has 1 saturated heterocycles. The Morgan fingerprint density at radius 2 is 1.95 bits per heavy atom. The zero-order chi connectivity index (χ0) is 15.2. The first-order chi connectivity index (χ1) is 10.1. The van der Waals surface area contributed by atoms with Gasteiger partial charge >= 0.3 is 0 Å². The van der Waals surface area contributed by atoms with Crippen molar-refractivity contribution in [3.8, 4) is 5.75 Å². The molecule has 1 aliphatic heterocycles. The number of methoxy groups -OCH3 is 1. The van der Waals surface area contributed by atoms with Crippen molar-refractivity contribution in [2.45, 2.75) is 40.0 Å². The first-order valence-electron chi connectivity index (χ1n) is 8.20. The number of hydrogen-bond acceptors (Lipinski definition) is 3. The van der Waals surface area contributed by atoms with Gasteiger partial charge in [0.2, 0.25) is 0 Å². The molecular weight excluding hydrogens is 260 g/mol. The van der Waals surface area contributed by atoms with Crippen LogP contribution in [0.25, 0.3) is 0 Å². The second-order valence-corrected chi connectivity index (χ2v) is 6.17. The summed E-state index contributed by atoms with van der Waals surface area (Å²) in [5.74, 6) is 1.02. The van der Waals surface area contributed by atoms with Crippen molar-refractivity contribution in [2.75, 3.05) is 39.8 Å². The quantitative estimate of drug-likeness (QED) is 0.902. The first kappa shape index (κ1) is 16.3. The third-order valence-corrected chi connectivity index (χ3v) is 4.76. The van der Waals surface area contributed by atoms with Gasteiger partial charge in [-0.3, -0.25) is 0 Å². The van der Waals surface area contributed by atoms with Crippen LogP contribution in [0.15, 0.2) is 6.07 Å². The van der Waals surface area contributed by atoms with Crippen molar-refractivity contribution in [1.82, 2.24) is 10.2 Å². The minimum atomic E-state index is 1.02. The summed E-state index contributed by atoms with van der Waals surface area (Å²) in [4.78, 5) is 2.60. The maximum absolute atomic E-state index is 5.46. The summed E-state index contributed by atoms with van der Waals surface area (Å²) in [5.41, 5.74) is 5.58. The standard InChI is InChI=1S/C18H30N2O/c1-14-13-18(21-4)16(3)15(2)17(14)7-5-10-20-11-6-8-19-9-12-20/h13,19H,5-12H2,1-4H3. The Morgan fingerprint density at radius 1 is 1.14 bits per heavy atom. The van der Waals surface area contributed by atoms with Crippen molar-refractivity contribution in [3.05, 3.63) is 28.3 Å². The minimum Gasteiger partial charge on any atom is -0.496 e. The summed E-state index contributed by atoms with van der Waals surface area (Å²) >= 11 is 0. The molecule has 1 fully saturated rings. The summed E-state index contributed by atoms with van der Waals surface area (Å²) in [6.45, 7) is 12.6. The first-order valence-corrected chi connectivity index (χ1v) is 8.20. The number of aryl methyl sites for hydroxylation is 1. The van der Waals surface area contributed by atoms with E-state index in [0.717, 1.165) is 12.3 Å². The van der Waals surface area contributed by atoms with Gasteiger partial charge in [-0.25, -0.2) is 0 Å². The van der Waals surface area contributed by atoms with Gasteiger partial charge in [0, 0.05) is 13.1 Å². The van der Waals surface area contributed by atoms with Gasteiger partial charge in [0.1, 0.15) is 5.75 Å². The SMILES string of the molecule is COc1cc(C)c(CCCN2CCCNCC2)c(C)c1C. The zero-order valence-corrected chi connectivity index (χ0v) is 14.1. The number of rotatable bonds is 5. The second-order valence-electron chi connectivity index (χ2n) is 6.17. The van der Waals surface area contributed by atoms with Gasteiger partial charge in [-0.15, -0.1) is 0 Å². The van der Waals surface area contributed by atoms with Crippen molar-refractivity contribution in [2.24, 2.45) is 0 Å². The largest absolute Gasteiger partial charge is 0.496 e. The molecule has 21 heavy (non-hydrogen) atoms. The Kier molecular flexibility index (Phi) is 6.07. The lowest BCUT2D eigenvalue weighted by Gasteiger charge is -2.20. The summed E-state index contributed by atoms with van der Waals surface area (Å²) in [6, 6.07) is 2.19. The van der Waals surface area contributed by atoms with Gasteiger partial charge in [-0.2, -0.15) is 0 Å². The highest BCUT2D eigenvalue weighted by Crippen LogP contribution is 2.28. The van der Waals surface area contributed by atoms with E-state index in [1.54, 1.807) is 7.11 Å². The average Bonchev–Trinajstić information content (AvgIpc) is 2.75. The molecule has 3 heteroatoms. The third kappa shape index (κ3) is 4.21. The number of hydrogen-bond donors (Lipinski definition) is 1. The normalized spacial score (nSPS) is 16.8. The Hall–Kier alpha value is -1.06. The molecule has 118 valence electrons. The van der Waals surface area contributed by atoms with Gasteiger partial charge < -0.3 is 15.0 Å². The highest BCUT2D eigenvalue weighted by Gasteiger charge is 2.12. The van der Waals surface area contributed by atoms with Gasteiger partial charge in [-0.05, 0) is 88.0 Å². The summed E-state index contributed by atoms with van der Waals surface area (Å²) in [7, 11) is 1.76. The van der Waals surface area contributed by atoms with Crippen LogP contribution in [-0.4, -0.2) is 44.7 Å². The fraction of sp³-hybridized carbons (Fsp3) is 0.667. The Bertz CT molecular complexity index is 463.